The van der Waals surface area contributed by atoms with Crippen LogP contribution >= 0.6 is 0 Å². The molecule has 0 bridgehead atoms. The highest BCUT2D eigenvalue weighted by atomic mass is 16.1. The van der Waals surface area contributed by atoms with Gasteiger partial charge in [0, 0.05) is 19.0 Å². The van der Waals surface area contributed by atoms with Gasteiger partial charge in [0.15, 0.2) is 0 Å². The highest BCUT2D eigenvalue weighted by molar-refractivity contribution is 5.73. The van der Waals surface area contributed by atoms with Gasteiger partial charge in [-0.05, 0) is 37.5 Å². The second-order valence-electron chi connectivity index (χ2n) is 4.37. The summed E-state index contributed by atoms with van der Waals surface area (Å²) in [6, 6.07) is 0.694. The molecule has 0 unspecified atom stereocenters. The Morgan fingerprint density at radius 2 is 1.85 bits per heavy atom. The molecule has 2 saturated carbocycles. The molecule has 0 saturated heterocycles. The van der Waals surface area contributed by atoms with Crippen LogP contribution in [0.4, 0.5) is 0 Å². The van der Waals surface area contributed by atoms with Crippen LogP contribution in [0.1, 0.15) is 32.1 Å². The van der Waals surface area contributed by atoms with E-state index in [-0.39, 0.29) is 5.91 Å². The average Bonchev–Trinajstić information content (AvgIpc) is 2.89. The van der Waals surface area contributed by atoms with Crippen LogP contribution in [0.3, 0.4) is 0 Å². The maximum absolute atomic E-state index is 10.5. The number of carbonyl (C=O) groups is 1. The molecule has 0 aliphatic heterocycles. The van der Waals surface area contributed by atoms with Crippen LogP contribution in [0.25, 0.3) is 0 Å². The number of primary amides is 1. The van der Waals surface area contributed by atoms with E-state index in [2.05, 4.69) is 5.32 Å². The molecular formula is C10H18N2O. The van der Waals surface area contributed by atoms with Crippen molar-refractivity contribution >= 4 is 5.91 Å². The first kappa shape index (κ1) is 9.00. The van der Waals surface area contributed by atoms with Crippen LogP contribution in [-0.4, -0.2) is 18.5 Å². The van der Waals surface area contributed by atoms with Crippen molar-refractivity contribution in [2.45, 2.75) is 38.1 Å². The predicted molar refractivity (Wildman–Crippen MR) is 51.1 cm³/mol. The van der Waals surface area contributed by atoms with Crippen molar-refractivity contribution in [3.05, 3.63) is 0 Å². The molecule has 0 aromatic rings. The van der Waals surface area contributed by atoms with Crippen molar-refractivity contribution in [3.63, 3.8) is 0 Å². The molecule has 0 radical (unpaired) electrons. The smallest absolute Gasteiger partial charge is 0.218 e. The van der Waals surface area contributed by atoms with Crippen LogP contribution in [0.2, 0.25) is 0 Å². The van der Waals surface area contributed by atoms with Crippen molar-refractivity contribution in [2.75, 3.05) is 6.54 Å². The number of rotatable bonds is 6. The summed E-state index contributed by atoms with van der Waals surface area (Å²) >= 11 is 0. The predicted octanol–water partition coefficient (Wildman–Crippen LogP) is 0.640. The molecule has 74 valence electrons. The van der Waals surface area contributed by atoms with Gasteiger partial charge in [-0.3, -0.25) is 4.79 Å². The second-order valence-corrected chi connectivity index (χ2v) is 4.37. The van der Waals surface area contributed by atoms with Gasteiger partial charge in [0.1, 0.15) is 0 Å². The number of carbonyl (C=O) groups excluding carboxylic acids is 1. The maximum Gasteiger partial charge on any atom is 0.218 e. The molecule has 0 aromatic carbocycles. The van der Waals surface area contributed by atoms with E-state index in [0.717, 1.165) is 18.4 Å². The molecule has 0 aromatic heterocycles. The first-order valence-corrected chi connectivity index (χ1v) is 5.29. The number of amides is 1. The van der Waals surface area contributed by atoms with E-state index in [1.165, 1.54) is 25.7 Å². The fraction of sp³-hybridized carbons (Fsp3) is 0.900. The summed E-state index contributed by atoms with van der Waals surface area (Å²) in [6.45, 7) is 0.771. The van der Waals surface area contributed by atoms with Crippen LogP contribution in [0.5, 0.6) is 0 Å². The molecule has 0 heterocycles. The highest BCUT2D eigenvalue weighted by Crippen LogP contribution is 2.44. The van der Waals surface area contributed by atoms with E-state index >= 15 is 0 Å². The third-order valence-electron chi connectivity index (χ3n) is 3.01. The van der Waals surface area contributed by atoms with Gasteiger partial charge in [0.05, 0.1) is 0 Å². The number of hydrogen-bond acceptors (Lipinski definition) is 2. The Bertz CT molecular complexity index is 185. The summed E-state index contributed by atoms with van der Waals surface area (Å²) in [5, 5.41) is 3.47. The van der Waals surface area contributed by atoms with Crippen molar-refractivity contribution in [2.24, 2.45) is 17.6 Å². The van der Waals surface area contributed by atoms with E-state index in [4.69, 9.17) is 5.73 Å². The Morgan fingerprint density at radius 1 is 1.31 bits per heavy atom. The van der Waals surface area contributed by atoms with Crippen LogP contribution < -0.4 is 11.1 Å². The van der Waals surface area contributed by atoms with Crippen LogP contribution in [-0.2, 0) is 4.79 Å². The van der Waals surface area contributed by atoms with Crippen LogP contribution in [0.15, 0.2) is 0 Å². The lowest BCUT2D eigenvalue weighted by Gasteiger charge is -2.16. The van der Waals surface area contributed by atoms with Crippen molar-refractivity contribution in [1.29, 1.82) is 0 Å². The van der Waals surface area contributed by atoms with Crippen molar-refractivity contribution in [3.8, 4) is 0 Å². The molecule has 2 aliphatic carbocycles. The third-order valence-corrected chi connectivity index (χ3v) is 3.01. The molecule has 13 heavy (non-hydrogen) atoms. The number of hydrogen-bond donors (Lipinski definition) is 2. The minimum absolute atomic E-state index is 0.196. The van der Waals surface area contributed by atoms with Gasteiger partial charge in [-0.25, -0.2) is 0 Å². The van der Waals surface area contributed by atoms with Gasteiger partial charge in [0.25, 0.3) is 0 Å². The van der Waals surface area contributed by atoms with E-state index < -0.39 is 0 Å². The van der Waals surface area contributed by atoms with Gasteiger partial charge in [0.2, 0.25) is 5.91 Å². The molecule has 2 rings (SSSR count). The lowest BCUT2D eigenvalue weighted by atomic mass is 10.1. The Kier molecular flexibility index (Phi) is 2.54. The second kappa shape index (κ2) is 3.66. The van der Waals surface area contributed by atoms with E-state index in [9.17, 15) is 4.79 Å². The van der Waals surface area contributed by atoms with Gasteiger partial charge >= 0.3 is 0 Å². The van der Waals surface area contributed by atoms with Crippen molar-refractivity contribution < 1.29 is 4.79 Å². The molecular weight excluding hydrogens is 164 g/mol. The molecule has 3 N–H and O–H groups in total. The van der Waals surface area contributed by atoms with Gasteiger partial charge < -0.3 is 11.1 Å². The molecule has 1 amide bonds. The Hall–Kier alpha value is -0.570. The SMILES string of the molecule is NC(=O)CCNC(C1CC1)C1CC1. The van der Waals surface area contributed by atoms with Gasteiger partial charge in [-0.1, -0.05) is 0 Å². The first-order valence-electron chi connectivity index (χ1n) is 5.29. The minimum Gasteiger partial charge on any atom is -0.370 e. The molecule has 2 aliphatic rings. The zero-order chi connectivity index (χ0) is 9.26. The fourth-order valence-electron chi connectivity index (χ4n) is 1.99. The zero-order valence-corrected chi connectivity index (χ0v) is 7.96. The first-order chi connectivity index (χ1) is 6.27. The number of nitrogens with one attached hydrogen (secondary N) is 1. The lowest BCUT2D eigenvalue weighted by molar-refractivity contribution is -0.117. The molecule has 0 atom stereocenters. The van der Waals surface area contributed by atoms with Crippen molar-refractivity contribution in [1.82, 2.24) is 5.32 Å². The minimum atomic E-state index is -0.196. The molecule has 2 fully saturated rings. The Labute approximate surface area is 79.1 Å². The Balaban J connectivity index is 1.67. The summed E-state index contributed by atoms with van der Waals surface area (Å²) in [6.07, 6.45) is 6.00. The maximum atomic E-state index is 10.5. The summed E-state index contributed by atoms with van der Waals surface area (Å²) in [5.41, 5.74) is 5.08. The summed E-state index contributed by atoms with van der Waals surface area (Å²) in [4.78, 5) is 10.5. The topological polar surface area (TPSA) is 55.1 Å². The van der Waals surface area contributed by atoms with Gasteiger partial charge in [-0.2, -0.15) is 0 Å². The van der Waals surface area contributed by atoms with Gasteiger partial charge in [-0.15, -0.1) is 0 Å². The summed E-state index contributed by atoms with van der Waals surface area (Å²) in [7, 11) is 0. The summed E-state index contributed by atoms with van der Waals surface area (Å²) in [5.74, 6) is 1.61. The monoisotopic (exact) mass is 182 g/mol. The summed E-state index contributed by atoms with van der Waals surface area (Å²) < 4.78 is 0. The standard InChI is InChI=1S/C10H18N2O/c11-9(13)5-6-12-10(7-1-2-7)8-3-4-8/h7-8,10,12H,1-6H2,(H2,11,13). The van der Waals surface area contributed by atoms with E-state index in [1.54, 1.807) is 0 Å². The normalized spacial score (nSPS) is 22.2. The molecule has 3 nitrogen and oxygen atoms in total. The number of nitrogens with two attached hydrogens (primary N) is 1. The third kappa shape index (κ3) is 2.69. The van der Waals surface area contributed by atoms with E-state index in [0.29, 0.717) is 12.5 Å². The van der Waals surface area contributed by atoms with Crippen LogP contribution in [0, 0.1) is 11.8 Å². The zero-order valence-electron chi connectivity index (χ0n) is 7.96. The average molecular weight is 182 g/mol. The molecule has 0 spiro atoms. The highest BCUT2D eigenvalue weighted by Gasteiger charge is 2.40. The quantitative estimate of drug-likeness (QED) is 0.633. The largest absolute Gasteiger partial charge is 0.370 e. The Morgan fingerprint density at radius 3 is 2.23 bits per heavy atom. The fourth-order valence-corrected chi connectivity index (χ4v) is 1.99. The molecule has 3 heteroatoms. The lowest BCUT2D eigenvalue weighted by Crippen LogP contribution is -2.35. The van der Waals surface area contributed by atoms with E-state index in [1.807, 2.05) is 0 Å².